The summed E-state index contributed by atoms with van der Waals surface area (Å²) >= 11 is 0. The van der Waals surface area contributed by atoms with Gasteiger partial charge in [0.25, 0.3) is 6.41 Å². The predicted molar refractivity (Wildman–Crippen MR) is 53.8 cm³/mol. The molecule has 1 aliphatic rings. The van der Waals surface area contributed by atoms with Gasteiger partial charge < -0.3 is 9.84 Å². The first-order chi connectivity index (χ1) is 7.15. The topological polar surface area (TPSA) is 58.6 Å². The Morgan fingerprint density at radius 3 is 2.67 bits per heavy atom. The average Bonchev–Trinajstić information content (AvgIpc) is 2.17. The SMILES string of the molecule is Cc1ccc(C2CC(=O)OC(O)N2)cc1. The first-order valence-corrected chi connectivity index (χ1v) is 4.85. The Kier molecular flexibility index (Phi) is 2.70. The fourth-order valence-electron chi connectivity index (χ4n) is 1.62. The van der Waals surface area contributed by atoms with E-state index < -0.39 is 6.41 Å². The lowest BCUT2D eigenvalue weighted by molar-refractivity contribution is -0.185. The van der Waals surface area contributed by atoms with Crippen LogP contribution >= 0.6 is 0 Å². The van der Waals surface area contributed by atoms with Gasteiger partial charge in [0.2, 0.25) is 0 Å². The van der Waals surface area contributed by atoms with Gasteiger partial charge in [-0.25, -0.2) is 0 Å². The van der Waals surface area contributed by atoms with E-state index in [2.05, 4.69) is 10.1 Å². The van der Waals surface area contributed by atoms with Crippen molar-refractivity contribution in [3.05, 3.63) is 35.4 Å². The molecule has 0 amide bonds. The Labute approximate surface area is 87.9 Å². The maximum absolute atomic E-state index is 11.1. The van der Waals surface area contributed by atoms with Gasteiger partial charge in [0, 0.05) is 6.04 Å². The summed E-state index contributed by atoms with van der Waals surface area (Å²) in [5, 5.41) is 12.0. The Bertz CT molecular complexity index is 361. The Morgan fingerprint density at radius 1 is 1.40 bits per heavy atom. The third kappa shape index (κ3) is 2.34. The maximum Gasteiger partial charge on any atom is 0.311 e. The van der Waals surface area contributed by atoms with Crippen molar-refractivity contribution >= 4 is 5.97 Å². The molecule has 4 nitrogen and oxygen atoms in total. The highest BCUT2D eigenvalue weighted by Crippen LogP contribution is 2.21. The van der Waals surface area contributed by atoms with Crippen molar-refractivity contribution in [1.82, 2.24) is 5.32 Å². The zero-order valence-corrected chi connectivity index (χ0v) is 8.43. The third-order valence-corrected chi connectivity index (χ3v) is 2.44. The zero-order valence-electron chi connectivity index (χ0n) is 8.43. The fourth-order valence-corrected chi connectivity index (χ4v) is 1.62. The average molecular weight is 207 g/mol. The third-order valence-electron chi connectivity index (χ3n) is 2.44. The number of nitrogens with one attached hydrogen (secondary N) is 1. The van der Waals surface area contributed by atoms with Crippen molar-refractivity contribution in [1.29, 1.82) is 0 Å². The van der Waals surface area contributed by atoms with Gasteiger partial charge in [-0.15, -0.1) is 0 Å². The lowest BCUT2D eigenvalue weighted by Gasteiger charge is -2.27. The summed E-state index contributed by atoms with van der Waals surface area (Å²) in [4.78, 5) is 11.1. The lowest BCUT2D eigenvalue weighted by Crippen LogP contribution is -2.42. The Balaban J connectivity index is 2.16. The van der Waals surface area contributed by atoms with Gasteiger partial charge in [-0.1, -0.05) is 29.8 Å². The molecule has 1 heterocycles. The molecule has 80 valence electrons. The van der Waals surface area contributed by atoms with Crippen LogP contribution in [-0.2, 0) is 9.53 Å². The minimum absolute atomic E-state index is 0.165. The number of esters is 1. The van der Waals surface area contributed by atoms with Crippen molar-refractivity contribution in [3.8, 4) is 0 Å². The number of carbonyl (C=O) groups is 1. The highest BCUT2D eigenvalue weighted by atomic mass is 16.7. The Morgan fingerprint density at radius 2 is 2.07 bits per heavy atom. The van der Waals surface area contributed by atoms with Gasteiger partial charge in [0.05, 0.1) is 6.42 Å². The summed E-state index contributed by atoms with van der Waals surface area (Å²) in [7, 11) is 0. The molecular weight excluding hydrogens is 194 g/mol. The molecule has 2 rings (SSSR count). The van der Waals surface area contributed by atoms with Crippen LogP contribution in [0.4, 0.5) is 0 Å². The second-order valence-corrected chi connectivity index (χ2v) is 3.68. The van der Waals surface area contributed by atoms with Crippen molar-refractivity contribution in [2.24, 2.45) is 0 Å². The number of benzene rings is 1. The van der Waals surface area contributed by atoms with Crippen molar-refractivity contribution in [2.45, 2.75) is 25.8 Å². The molecule has 15 heavy (non-hydrogen) atoms. The predicted octanol–water partition coefficient (Wildman–Crippen LogP) is 0.849. The second-order valence-electron chi connectivity index (χ2n) is 3.68. The van der Waals surface area contributed by atoms with Gasteiger partial charge in [0.1, 0.15) is 0 Å². The van der Waals surface area contributed by atoms with Crippen LogP contribution in [0.2, 0.25) is 0 Å². The number of rotatable bonds is 1. The molecule has 2 unspecified atom stereocenters. The monoisotopic (exact) mass is 207 g/mol. The van der Waals surface area contributed by atoms with Crippen LogP contribution in [0.1, 0.15) is 23.6 Å². The van der Waals surface area contributed by atoms with Crippen LogP contribution < -0.4 is 5.32 Å². The zero-order chi connectivity index (χ0) is 10.8. The molecule has 1 fully saturated rings. The van der Waals surface area contributed by atoms with Crippen LogP contribution in [0.5, 0.6) is 0 Å². The van der Waals surface area contributed by atoms with E-state index in [9.17, 15) is 9.90 Å². The van der Waals surface area contributed by atoms with E-state index in [4.69, 9.17) is 0 Å². The van der Waals surface area contributed by atoms with Crippen molar-refractivity contribution in [2.75, 3.05) is 0 Å². The van der Waals surface area contributed by atoms with Gasteiger partial charge in [-0.2, -0.15) is 0 Å². The number of carbonyl (C=O) groups excluding carboxylic acids is 1. The molecular formula is C11H13NO3. The molecule has 0 aromatic heterocycles. The van der Waals surface area contributed by atoms with E-state index in [1.165, 1.54) is 0 Å². The molecule has 2 N–H and O–H groups in total. The highest BCUT2D eigenvalue weighted by Gasteiger charge is 2.26. The molecule has 1 aromatic carbocycles. The molecule has 0 aliphatic carbocycles. The van der Waals surface area contributed by atoms with E-state index in [0.717, 1.165) is 11.1 Å². The molecule has 4 heteroatoms. The molecule has 2 atom stereocenters. The van der Waals surface area contributed by atoms with Crippen molar-refractivity contribution in [3.63, 3.8) is 0 Å². The smallest absolute Gasteiger partial charge is 0.311 e. The summed E-state index contributed by atoms with van der Waals surface area (Å²) in [6.45, 7) is 2.00. The number of aliphatic hydroxyl groups is 1. The van der Waals surface area contributed by atoms with Gasteiger partial charge in [-0.3, -0.25) is 10.1 Å². The molecule has 0 bridgehead atoms. The van der Waals surface area contributed by atoms with E-state index in [1.807, 2.05) is 31.2 Å². The summed E-state index contributed by atoms with van der Waals surface area (Å²) < 4.78 is 4.57. The van der Waals surface area contributed by atoms with Gasteiger partial charge >= 0.3 is 5.97 Å². The molecule has 1 saturated heterocycles. The summed E-state index contributed by atoms with van der Waals surface area (Å²) in [5.41, 5.74) is 2.15. The van der Waals surface area contributed by atoms with Gasteiger partial charge in [-0.05, 0) is 12.5 Å². The highest BCUT2D eigenvalue weighted by molar-refractivity contribution is 5.71. The maximum atomic E-state index is 11.1. The molecule has 0 radical (unpaired) electrons. The lowest BCUT2D eigenvalue weighted by atomic mass is 10.0. The van der Waals surface area contributed by atoms with Crippen LogP contribution in [0.15, 0.2) is 24.3 Å². The van der Waals surface area contributed by atoms with E-state index in [0.29, 0.717) is 0 Å². The molecule has 1 aromatic rings. The van der Waals surface area contributed by atoms with Crippen LogP contribution in [0, 0.1) is 6.92 Å². The number of aliphatic hydroxyl groups excluding tert-OH is 1. The number of ether oxygens (including phenoxy) is 1. The molecule has 1 aliphatic heterocycles. The molecule has 0 spiro atoms. The van der Waals surface area contributed by atoms with Gasteiger partial charge in [0.15, 0.2) is 0 Å². The van der Waals surface area contributed by atoms with Crippen LogP contribution in [0.25, 0.3) is 0 Å². The fraction of sp³-hybridized carbons (Fsp3) is 0.364. The first kappa shape index (κ1) is 10.1. The minimum atomic E-state index is -1.20. The standard InChI is InChI=1S/C11H13NO3/c1-7-2-4-8(5-3-7)9-6-10(13)15-11(14)12-9/h2-5,9,11-12,14H,6H2,1H3. The minimum Gasteiger partial charge on any atom is -0.422 e. The summed E-state index contributed by atoms with van der Waals surface area (Å²) in [6, 6.07) is 7.67. The van der Waals surface area contributed by atoms with Crippen molar-refractivity contribution < 1.29 is 14.6 Å². The number of aryl methyl sites for hydroxylation is 1. The van der Waals surface area contributed by atoms with E-state index in [-0.39, 0.29) is 18.4 Å². The first-order valence-electron chi connectivity index (χ1n) is 4.85. The second kappa shape index (κ2) is 4.00. The van der Waals surface area contributed by atoms with Crippen LogP contribution in [0.3, 0.4) is 0 Å². The summed E-state index contributed by atoms with van der Waals surface area (Å²) in [6.07, 6.45) is -0.947. The largest absolute Gasteiger partial charge is 0.422 e. The number of cyclic esters (lactones) is 1. The quantitative estimate of drug-likeness (QED) is 0.670. The normalized spacial score (nSPS) is 26.1. The van der Waals surface area contributed by atoms with Crippen LogP contribution in [-0.4, -0.2) is 17.5 Å². The Hall–Kier alpha value is -1.39. The molecule has 0 saturated carbocycles. The van der Waals surface area contributed by atoms with E-state index in [1.54, 1.807) is 0 Å². The van der Waals surface area contributed by atoms with E-state index >= 15 is 0 Å². The summed E-state index contributed by atoms with van der Waals surface area (Å²) in [5.74, 6) is -0.383. The number of hydrogen-bond acceptors (Lipinski definition) is 4. The number of hydrogen-bond donors (Lipinski definition) is 2.